The van der Waals surface area contributed by atoms with Gasteiger partial charge in [0, 0.05) is 5.54 Å². The molecule has 0 aromatic heterocycles. The van der Waals surface area contributed by atoms with Crippen molar-refractivity contribution in [2.45, 2.75) is 192 Å². The highest BCUT2D eigenvalue weighted by molar-refractivity contribution is 5.23. The summed E-state index contributed by atoms with van der Waals surface area (Å²) in [6.45, 7) is 4.62. The summed E-state index contributed by atoms with van der Waals surface area (Å²) in [5, 5.41) is 0. The van der Waals surface area contributed by atoms with Crippen molar-refractivity contribution in [1.29, 1.82) is 0 Å². The van der Waals surface area contributed by atoms with Crippen molar-refractivity contribution in [2.24, 2.45) is 0 Å². The van der Waals surface area contributed by atoms with Crippen LogP contribution in [-0.4, -0.2) is 43.5 Å². The van der Waals surface area contributed by atoms with E-state index in [0.29, 0.717) is 6.04 Å². The van der Waals surface area contributed by atoms with Gasteiger partial charge in [-0.15, -0.1) is 0 Å². The molecular formula is C40H76N2. The van der Waals surface area contributed by atoms with Crippen molar-refractivity contribution < 1.29 is 0 Å². The molecule has 0 bridgehead atoms. The number of likely N-dealkylation sites (N-methyl/N-ethyl adjacent to an activating group) is 2. The summed E-state index contributed by atoms with van der Waals surface area (Å²) in [4.78, 5) is 5.12. The lowest BCUT2D eigenvalue weighted by Crippen LogP contribution is -2.53. The van der Waals surface area contributed by atoms with Crippen molar-refractivity contribution in [3.63, 3.8) is 0 Å². The van der Waals surface area contributed by atoms with Crippen molar-refractivity contribution in [2.75, 3.05) is 28.2 Å². The number of benzene rings is 1. The summed E-state index contributed by atoms with van der Waals surface area (Å²) in [7, 11) is 9.34. The molecule has 1 aromatic carbocycles. The molecule has 1 rings (SSSR count). The molecule has 0 aliphatic rings. The monoisotopic (exact) mass is 585 g/mol. The Hall–Kier alpha value is -0.860. The van der Waals surface area contributed by atoms with Crippen LogP contribution >= 0.6 is 0 Å². The Balaban J connectivity index is 2.56. The molecule has 0 saturated carbocycles. The average molecular weight is 585 g/mol. The molecule has 2 heteroatoms. The Bertz CT molecular complexity index is 654. The van der Waals surface area contributed by atoms with Crippen LogP contribution in [0.25, 0.3) is 0 Å². The number of hydrogen-bond donors (Lipinski definition) is 0. The van der Waals surface area contributed by atoms with Gasteiger partial charge in [-0.25, -0.2) is 0 Å². The predicted molar refractivity (Wildman–Crippen MR) is 191 cm³/mol. The minimum atomic E-state index is 0.182. The van der Waals surface area contributed by atoms with E-state index in [4.69, 9.17) is 0 Å². The van der Waals surface area contributed by atoms with Gasteiger partial charge in [-0.2, -0.15) is 0 Å². The Morgan fingerprint density at radius 3 is 1.05 bits per heavy atom. The predicted octanol–water partition coefficient (Wildman–Crippen LogP) is 12.8. The van der Waals surface area contributed by atoms with Crippen LogP contribution in [-0.2, 0) is 0 Å². The molecule has 0 saturated heterocycles. The number of unbranched alkanes of at least 4 members (excludes halogenated alkanes) is 22. The Kier molecular flexibility index (Phi) is 24.7. The van der Waals surface area contributed by atoms with Crippen LogP contribution in [0, 0.1) is 0 Å². The second kappa shape index (κ2) is 26.5. The lowest BCUT2D eigenvalue weighted by molar-refractivity contribution is 0.0262. The summed E-state index contributed by atoms with van der Waals surface area (Å²) in [6.07, 6.45) is 36.7. The van der Waals surface area contributed by atoms with Gasteiger partial charge in [0.25, 0.3) is 0 Å². The summed E-state index contributed by atoms with van der Waals surface area (Å²) in [5.41, 5.74) is 1.66. The zero-order valence-electron chi connectivity index (χ0n) is 29.7. The highest BCUT2D eigenvalue weighted by Gasteiger charge is 2.41. The van der Waals surface area contributed by atoms with Gasteiger partial charge >= 0.3 is 0 Å². The molecule has 0 spiro atoms. The van der Waals surface area contributed by atoms with E-state index in [1.165, 1.54) is 173 Å². The zero-order valence-corrected chi connectivity index (χ0v) is 29.7. The van der Waals surface area contributed by atoms with Gasteiger partial charge in [0.05, 0.1) is 6.04 Å². The second-order valence-electron chi connectivity index (χ2n) is 14.1. The summed E-state index contributed by atoms with van der Waals surface area (Å²) < 4.78 is 0. The fraction of sp³-hybridized carbons (Fsp3) is 0.850. The van der Waals surface area contributed by atoms with Crippen LogP contribution in [0.5, 0.6) is 0 Å². The highest BCUT2D eigenvalue weighted by atomic mass is 15.2. The summed E-state index contributed by atoms with van der Waals surface area (Å²) in [5.74, 6) is 0. The first kappa shape index (κ1) is 39.2. The minimum Gasteiger partial charge on any atom is -0.302 e. The maximum Gasteiger partial charge on any atom is 0.0527 e. The number of hydrogen-bond acceptors (Lipinski definition) is 2. The molecule has 0 aliphatic heterocycles. The van der Waals surface area contributed by atoms with Gasteiger partial charge in [-0.1, -0.05) is 198 Å². The van der Waals surface area contributed by atoms with Gasteiger partial charge in [0.2, 0.25) is 0 Å². The van der Waals surface area contributed by atoms with Crippen LogP contribution in [0.4, 0.5) is 0 Å². The number of rotatable bonds is 30. The smallest absolute Gasteiger partial charge is 0.0527 e. The molecule has 1 atom stereocenters. The van der Waals surface area contributed by atoms with Crippen molar-refractivity contribution in [1.82, 2.24) is 9.80 Å². The second-order valence-corrected chi connectivity index (χ2v) is 14.1. The molecule has 1 unspecified atom stereocenters. The van der Waals surface area contributed by atoms with Crippen LogP contribution in [0.3, 0.4) is 0 Å². The zero-order chi connectivity index (χ0) is 30.7. The van der Waals surface area contributed by atoms with Crippen molar-refractivity contribution in [3.05, 3.63) is 35.9 Å². The van der Waals surface area contributed by atoms with Gasteiger partial charge in [-0.3, -0.25) is 0 Å². The fourth-order valence-corrected chi connectivity index (χ4v) is 7.36. The van der Waals surface area contributed by atoms with Crippen LogP contribution in [0.15, 0.2) is 30.3 Å². The van der Waals surface area contributed by atoms with E-state index in [1.54, 1.807) is 0 Å². The van der Waals surface area contributed by atoms with Gasteiger partial charge in [0.1, 0.15) is 0 Å². The lowest BCUT2D eigenvalue weighted by atomic mass is 9.75. The summed E-state index contributed by atoms with van der Waals surface area (Å²) >= 11 is 0. The van der Waals surface area contributed by atoms with Crippen LogP contribution in [0.1, 0.15) is 192 Å². The Labute approximate surface area is 265 Å². The maximum absolute atomic E-state index is 2.61. The third-order valence-corrected chi connectivity index (χ3v) is 9.96. The first-order valence-corrected chi connectivity index (χ1v) is 18.9. The molecule has 0 N–H and O–H groups in total. The van der Waals surface area contributed by atoms with E-state index >= 15 is 0 Å². The molecule has 0 heterocycles. The van der Waals surface area contributed by atoms with E-state index in [1.807, 2.05) is 0 Å². The summed E-state index contributed by atoms with van der Waals surface area (Å²) in [6, 6.07) is 11.8. The molecule has 0 amide bonds. The number of nitrogens with zero attached hydrogens (tertiary/aromatic N) is 2. The first-order chi connectivity index (χ1) is 20.5. The van der Waals surface area contributed by atoms with Gasteiger partial charge in [-0.05, 0) is 46.6 Å². The third-order valence-electron chi connectivity index (χ3n) is 9.96. The van der Waals surface area contributed by atoms with E-state index < -0.39 is 0 Å². The lowest BCUT2D eigenvalue weighted by Gasteiger charge is -2.49. The molecule has 0 fully saturated rings. The Morgan fingerprint density at radius 1 is 0.452 bits per heavy atom. The van der Waals surface area contributed by atoms with Gasteiger partial charge < -0.3 is 9.80 Å². The highest BCUT2D eigenvalue weighted by Crippen LogP contribution is 2.42. The normalized spacial score (nSPS) is 13.0. The fourth-order valence-electron chi connectivity index (χ4n) is 7.36. The van der Waals surface area contributed by atoms with Crippen molar-refractivity contribution >= 4 is 0 Å². The van der Waals surface area contributed by atoms with Gasteiger partial charge in [0.15, 0.2) is 0 Å². The molecule has 0 radical (unpaired) electrons. The Morgan fingerprint density at radius 2 is 0.762 bits per heavy atom. The molecule has 2 nitrogen and oxygen atoms in total. The SMILES string of the molecule is CCCCCCCCCCCCCCC(CCCCCCCCCCCCCC)(C(c1ccccc1)N(C)C)N(C)C. The standard InChI is InChI=1S/C40H76N2/c1-7-9-11-13-15-17-19-21-23-25-27-32-36-40(42(5)6,39(41(3)4)38-34-30-29-31-35-38)37-33-28-26-24-22-20-18-16-14-12-10-8-2/h29-31,34-35,39H,7-28,32-33,36-37H2,1-6H3. The minimum absolute atomic E-state index is 0.182. The van der Waals surface area contributed by atoms with E-state index in [0.717, 1.165) is 0 Å². The first-order valence-electron chi connectivity index (χ1n) is 18.9. The molecular weight excluding hydrogens is 508 g/mol. The van der Waals surface area contributed by atoms with E-state index in [2.05, 4.69) is 82.2 Å². The average Bonchev–Trinajstić information content (AvgIpc) is 2.98. The van der Waals surface area contributed by atoms with E-state index in [-0.39, 0.29) is 5.54 Å². The molecule has 246 valence electrons. The maximum atomic E-state index is 2.61. The van der Waals surface area contributed by atoms with E-state index in [9.17, 15) is 0 Å². The van der Waals surface area contributed by atoms with Crippen LogP contribution in [0.2, 0.25) is 0 Å². The van der Waals surface area contributed by atoms with Crippen LogP contribution < -0.4 is 0 Å². The molecule has 0 aliphatic carbocycles. The van der Waals surface area contributed by atoms with Crippen molar-refractivity contribution in [3.8, 4) is 0 Å². The molecule has 42 heavy (non-hydrogen) atoms. The third kappa shape index (κ3) is 17.4. The molecule has 1 aromatic rings. The quantitative estimate of drug-likeness (QED) is 0.0830. The largest absolute Gasteiger partial charge is 0.302 e. The topological polar surface area (TPSA) is 6.48 Å².